The molecule has 0 bridgehead atoms. The number of aliphatic hydroxyl groups is 1. The van der Waals surface area contributed by atoms with Crippen molar-refractivity contribution in [1.82, 2.24) is 4.90 Å². The largest absolute Gasteiger partial charge is 0.393 e. The van der Waals surface area contributed by atoms with Crippen LogP contribution in [0.1, 0.15) is 23.2 Å². The topological polar surface area (TPSA) is 122 Å². The van der Waals surface area contributed by atoms with Crippen molar-refractivity contribution in [3.8, 4) is 0 Å². The zero-order chi connectivity index (χ0) is 15.6. The van der Waals surface area contributed by atoms with Crippen molar-refractivity contribution < 1.29 is 14.8 Å². The number of hydrogen-bond donors (Lipinski definition) is 3. The lowest BCUT2D eigenvalue weighted by atomic mass is 9.82. The van der Waals surface area contributed by atoms with Crippen LogP contribution in [-0.4, -0.2) is 40.5 Å². The van der Waals surface area contributed by atoms with E-state index in [2.05, 4.69) is 5.43 Å². The number of anilines is 1. The fraction of sp³-hybridized carbons (Fsp3) is 0.462. The molecule has 1 aliphatic rings. The Morgan fingerprint density at radius 2 is 2.24 bits per heavy atom. The molecule has 1 aliphatic carbocycles. The zero-order valence-electron chi connectivity index (χ0n) is 11.7. The number of non-ortho nitro benzene ring substituents is 1. The highest BCUT2D eigenvalue weighted by molar-refractivity contribution is 6.00. The molecule has 0 aliphatic heterocycles. The Hall–Kier alpha value is -2.19. The number of carbonyl (C=O) groups is 1. The third-order valence-corrected chi connectivity index (χ3v) is 3.69. The standard InChI is InChI=1S/C13H18N4O4/c1-16(7-8-4-10(18)5-8)13(19)11-6-9(17(20)21)2-3-12(11)15-14/h2-3,6,8,10,15,18H,4-5,7,14H2,1H3. The number of nitrogen functional groups attached to an aromatic ring is 1. The first-order chi connectivity index (χ1) is 9.92. The predicted octanol–water partition coefficient (Wildman–Crippen LogP) is 0.723. The minimum Gasteiger partial charge on any atom is -0.393 e. The molecule has 0 radical (unpaired) electrons. The van der Waals surface area contributed by atoms with Gasteiger partial charge in [-0.15, -0.1) is 0 Å². The average molecular weight is 294 g/mol. The summed E-state index contributed by atoms with van der Waals surface area (Å²) >= 11 is 0. The van der Waals surface area contributed by atoms with Gasteiger partial charge in [-0.05, 0) is 24.8 Å². The molecule has 114 valence electrons. The van der Waals surface area contributed by atoms with Gasteiger partial charge in [0.1, 0.15) is 0 Å². The number of aliphatic hydroxyl groups excluding tert-OH is 1. The Morgan fingerprint density at radius 3 is 2.76 bits per heavy atom. The van der Waals surface area contributed by atoms with Crippen LogP contribution in [0.3, 0.4) is 0 Å². The molecule has 0 aromatic heterocycles. The summed E-state index contributed by atoms with van der Waals surface area (Å²) in [6.45, 7) is 0.503. The number of hydrogen-bond acceptors (Lipinski definition) is 6. The third kappa shape index (κ3) is 3.29. The maximum absolute atomic E-state index is 12.4. The molecule has 0 unspecified atom stereocenters. The maximum atomic E-state index is 12.4. The van der Waals surface area contributed by atoms with Crippen LogP contribution >= 0.6 is 0 Å². The summed E-state index contributed by atoms with van der Waals surface area (Å²) in [5.74, 6) is 5.27. The molecule has 0 spiro atoms. The van der Waals surface area contributed by atoms with Crippen molar-refractivity contribution >= 4 is 17.3 Å². The van der Waals surface area contributed by atoms with Crippen LogP contribution < -0.4 is 11.3 Å². The highest BCUT2D eigenvalue weighted by Crippen LogP contribution is 2.29. The smallest absolute Gasteiger partial charge is 0.270 e. The quantitative estimate of drug-likeness (QED) is 0.418. The van der Waals surface area contributed by atoms with Crippen LogP contribution in [0, 0.1) is 16.0 Å². The summed E-state index contributed by atoms with van der Waals surface area (Å²) in [4.78, 5) is 24.2. The maximum Gasteiger partial charge on any atom is 0.270 e. The van der Waals surface area contributed by atoms with Crippen LogP contribution in [0.5, 0.6) is 0 Å². The lowest BCUT2D eigenvalue weighted by Crippen LogP contribution is -2.39. The van der Waals surface area contributed by atoms with Gasteiger partial charge in [-0.1, -0.05) is 0 Å². The van der Waals surface area contributed by atoms with Gasteiger partial charge in [0, 0.05) is 25.7 Å². The molecule has 0 atom stereocenters. The fourth-order valence-corrected chi connectivity index (χ4v) is 2.47. The Labute approximate surface area is 121 Å². The van der Waals surface area contributed by atoms with Gasteiger partial charge in [0.05, 0.1) is 22.3 Å². The van der Waals surface area contributed by atoms with Gasteiger partial charge >= 0.3 is 0 Å². The molecule has 1 saturated carbocycles. The molecule has 1 fully saturated rings. The molecule has 1 aromatic carbocycles. The van der Waals surface area contributed by atoms with E-state index in [1.165, 1.54) is 23.1 Å². The number of nitro groups is 1. The normalized spacial score (nSPS) is 20.5. The summed E-state index contributed by atoms with van der Waals surface area (Å²) in [6, 6.07) is 3.91. The van der Waals surface area contributed by atoms with Crippen molar-refractivity contribution in [3.05, 3.63) is 33.9 Å². The van der Waals surface area contributed by atoms with Crippen molar-refractivity contribution in [1.29, 1.82) is 0 Å². The second-order valence-electron chi connectivity index (χ2n) is 5.31. The lowest BCUT2D eigenvalue weighted by molar-refractivity contribution is -0.384. The van der Waals surface area contributed by atoms with Crippen LogP contribution in [0.4, 0.5) is 11.4 Å². The number of nitrogens with two attached hydrogens (primary N) is 1. The minimum atomic E-state index is -0.556. The second-order valence-corrected chi connectivity index (χ2v) is 5.31. The van der Waals surface area contributed by atoms with E-state index < -0.39 is 4.92 Å². The molecule has 1 amide bonds. The van der Waals surface area contributed by atoms with Crippen molar-refractivity contribution in [2.24, 2.45) is 11.8 Å². The van der Waals surface area contributed by atoms with Crippen molar-refractivity contribution in [3.63, 3.8) is 0 Å². The van der Waals surface area contributed by atoms with E-state index in [4.69, 9.17) is 5.84 Å². The Bertz CT molecular complexity index is 557. The first-order valence-electron chi connectivity index (χ1n) is 6.61. The number of amides is 1. The number of nitro benzene ring substituents is 1. The molecule has 2 rings (SSSR count). The van der Waals surface area contributed by atoms with Gasteiger partial charge < -0.3 is 15.4 Å². The molecule has 0 heterocycles. The molecular weight excluding hydrogens is 276 g/mol. The van der Waals surface area contributed by atoms with Gasteiger partial charge in [0.15, 0.2) is 0 Å². The Morgan fingerprint density at radius 1 is 1.57 bits per heavy atom. The molecule has 1 aromatic rings. The number of rotatable bonds is 5. The highest BCUT2D eigenvalue weighted by atomic mass is 16.6. The average Bonchev–Trinajstić information content (AvgIpc) is 2.43. The summed E-state index contributed by atoms with van der Waals surface area (Å²) in [7, 11) is 1.63. The molecule has 4 N–H and O–H groups in total. The summed E-state index contributed by atoms with van der Waals surface area (Å²) in [6.07, 6.45) is 1.07. The van der Waals surface area contributed by atoms with E-state index in [1.54, 1.807) is 7.05 Å². The van der Waals surface area contributed by atoms with Gasteiger partial charge in [0.25, 0.3) is 11.6 Å². The molecule has 0 saturated heterocycles. The molecule has 21 heavy (non-hydrogen) atoms. The SMILES string of the molecule is CN(CC1CC(O)C1)C(=O)c1cc([N+](=O)[O-])ccc1NN. The number of nitrogens with zero attached hydrogens (tertiary/aromatic N) is 2. The fourth-order valence-electron chi connectivity index (χ4n) is 2.47. The van der Waals surface area contributed by atoms with Crippen LogP contribution in [0.15, 0.2) is 18.2 Å². The van der Waals surface area contributed by atoms with E-state index >= 15 is 0 Å². The molecular formula is C13H18N4O4. The van der Waals surface area contributed by atoms with Gasteiger partial charge in [0.2, 0.25) is 0 Å². The minimum absolute atomic E-state index is 0.161. The van der Waals surface area contributed by atoms with E-state index in [-0.39, 0.29) is 29.2 Å². The Kier molecular flexibility index (Phi) is 4.39. The zero-order valence-corrected chi connectivity index (χ0v) is 11.7. The van der Waals surface area contributed by atoms with Crippen LogP contribution in [0.25, 0.3) is 0 Å². The molecule has 8 heteroatoms. The van der Waals surface area contributed by atoms with Crippen LogP contribution in [0.2, 0.25) is 0 Å². The first-order valence-corrected chi connectivity index (χ1v) is 6.61. The van der Waals surface area contributed by atoms with E-state index in [0.717, 1.165) is 0 Å². The predicted molar refractivity (Wildman–Crippen MR) is 76.6 cm³/mol. The van der Waals surface area contributed by atoms with Crippen molar-refractivity contribution in [2.45, 2.75) is 18.9 Å². The third-order valence-electron chi connectivity index (χ3n) is 3.69. The van der Waals surface area contributed by atoms with Crippen molar-refractivity contribution in [2.75, 3.05) is 19.0 Å². The summed E-state index contributed by atoms with van der Waals surface area (Å²) in [5, 5.41) is 20.1. The van der Waals surface area contributed by atoms with Gasteiger partial charge in [-0.2, -0.15) is 0 Å². The summed E-state index contributed by atoms with van der Waals surface area (Å²) in [5.41, 5.74) is 2.71. The van der Waals surface area contributed by atoms with Gasteiger partial charge in [-0.25, -0.2) is 0 Å². The van der Waals surface area contributed by atoms with E-state index in [9.17, 15) is 20.0 Å². The monoisotopic (exact) mass is 294 g/mol. The second kappa shape index (κ2) is 6.06. The number of hydrazine groups is 1. The van der Waals surface area contributed by atoms with Gasteiger partial charge in [-0.3, -0.25) is 20.8 Å². The van der Waals surface area contributed by atoms with E-state index in [1.807, 2.05) is 0 Å². The number of nitrogens with one attached hydrogen (secondary N) is 1. The molecule has 8 nitrogen and oxygen atoms in total. The van der Waals surface area contributed by atoms with E-state index in [0.29, 0.717) is 25.1 Å². The summed E-state index contributed by atoms with van der Waals surface area (Å²) < 4.78 is 0. The highest BCUT2D eigenvalue weighted by Gasteiger charge is 2.30. The number of benzene rings is 1. The first kappa shape index (κ1) is 15.2. The van der Waals surface area contributed by atoms with Crippen LogP contribution in [-0.2, 0) is 0 Å². The lowest BCUT2D eigenvalue weighted by Gasteiger charge is -2.34. The Balaban J connectivity index is 2.16. The number of carbonyl (C=O) groups excluding carboxylic acids is 1.